The summed E-state index contributed by atoms with van der Waals surface area (Å²) in [6.07, 6.45) is 3.45. The number of thiophene rings is 1. The first kappa shape index (κ1) is 20.6. The Morgan fingerprint density at radius 2 is 2.04 bits per heavy atom. The quantitative estimate of drug-likeness (QED) is 0.518. The van der Waals surface area contributed by atoms with E-state index in [0.29, 0.717) is 23.9 Å². The van der Waals surface area contributed by atoms with Crippen LogP contribution in [0, 0.1) is 5.92 Å². The number of likely N-dealkylation sites (tertiary alicyclic amines) is 1. The number of thioether (sulfide) groups is 1. The fourth-order valence-corrected chi connectivity index (χ4v) is 4.55. The van der Waals surface area contributed by atoms with Crippen molar-refractivity contribution in [2.75, 3.05) is 26.2 Å². The number of nitrogens with zero attached hydrogens (tertiary/aromatic N) is 2. The van der Waals surface area contributed by atoms with Gasteiger partial charge in [-0.25, -0.2) is 0 Å². The number of ether oxygens (including phenoxy) is 1. The Morgan fingerprint density at radius 1 is 1.29 bits per heavy atom. The lowest BCUT2D eigenvalue weighted by Gasteiger charge is -2.30. The van der Waals surface area contributed by atoms with Crippen molar-refractivity contribution in [1.29, 1.82) is 0 Å². The third-order valence-electron chi connectivity index (χ3n) is 4.72. The molecule has 0 atom stereocenters. The zero-order chi connectivity index (χ0) is 20.1. The average molecular weight is 423 g/mol. The van der Waals surface area contributed by atoms with Crippen molar-refractivity contribution >= 4 is 52.2 Å². The predicted octanol–water partition coefficient (Wildman–Crippen LogP) is 2.98. The Hall–Kier alpha value is -2.13. The Morgan fingerprint density at radius 3 is 2.71 bits per heavy atom. The van der Waals surface area contributed by atoms with Crippen molar-refractivity contribution in [3.63, 3.8) is 0 Å². The molecule has 0 unspecified atom stereocenters. The topological polar surface area (TPSA) is 84.0 Å². The lowest BCUT2D eigenvalue weighted by molar-refractivity contribution is -0.152. The van der Waals surface area contributed by atoms with E-state index in [9.17, 15) is 19.2 Å². The second-order valence-electron chi connectivity index (χ2n) is 6.82. The molecule has 150 valence electrons. The predicted molar refractivity (Wildman–Crippen MR) is 108 cm³/mol. The standard InChI is InChI=1S/C19H22N2O5S2/c1-13-4-7-20(8-5-13)16(22)12-26-17(23)6-9-21-18(24)15(28-19(21)25)11-14-3-2-10-27-14/h2-3,10-11,13H,4-9,12H2,1H3/b15-11-. The molecule has 0 saturated carbocycles. The van der Waals surface area contributed by atoms with Crippen molar-refractivity contribution < 1.29 is 23.9 Å². The molecule has 0 radical (unpaired) electrons. The van der Waals surface area contributed by atoms with Gasteiger partial charge in [-0.3, -0.25) is 24.1 Å². The SMILES string of the molecule is CC1CCN(C(=O)COC(=O)CCN2C(=O)S/C(=C\c3cccs3)C2=O)CC1. The molecule has 9 heteroatoms. The third-order valence-corrected chi connectivity index (χ3v) is 6.45. The molecular formula is C19H22N2O5S2. The van der Waals surface area contributed by atoms with Gasteiger partial charge in [0.25, 0.3) is 17.1 Å². The molecule has 1 aromatic heterocycles. The number of esters is 1. The first-order chi connectivity index (χ1) is 13.4. The van der Waals surface area contributed by atoms with Crippen molar-refractivity contribution in [3.8, 4) is 0 Å². The van der Waals surface area contributed by atoms with Gasteiger partial charge in [0, 0.05) is 24.5 Å². The van der Waals surface area contributed by atoms with Gasteiger partial charge in [0.1, 0.15) is 0 Å². The summed E-state index contributed by atoms with van der Waals surface area (Å²) in [5.41, 5.74) is 0. The molecule has 3 heterocycles. The summed E-state index contributed by atoms with van der Waals surface area (Å²) in [6, 6.07) is 3.72. The van der Waals surface area contributed by atoms with Crippen LogP contribution < -0.4 is 0 Å². The van der Waals surface area contributed by atoms with Gasteiger partial charge in [0.15, 0.2) is 6.61 Å². The van der Waals surface area contributed by atoms with E-state index in [1.54, 1.807) is 11.0 Å². The van der Waals surface area contributed by atoms with Gasteiger partial charge in [-0.05, 0) is 48.0 Å². The van der Waals surface area contributed by atoms with Crippen molar-refractivity contribution in [2.45, 2.75) is 26.2 Å². The van der Waals surface area contributed by atoms with E-state index in [2.05, 4.69) is 6.92 Å². The molecule has 0 aromatic carbocycles. The highest BCUT2D eigenvalue weighted by Crippen LogP contribution is 2.33. The fraction of sp³-hybridized carbons (Fsp3) is 0.474. The van der Waals surface area contributed by atoms with E-state index in [-0.39, 0.29) is 25.5 Å². The van der Waals surface area contributed by atoms with E-state index in [4.69, 9.17) is 4.74 Å². The lowest BCUT2D eigenvalue weighted by Crippen LogP contribution is -2.40. The minimum absolute atomic E-state index is 0.0549. The molecule has 2 aliphatic rings. The molecule has 2 fully saturated rings. The number of carbonyl (C=O) groups is 4. The molecule has 1 aromatic rings. The number of piperidine rings is 1. The molecule has 3 rings (SSSR count). The Labute approximate surface area is 171 Å². The largest absolute Gasteiger partial charge is 0.456 e. The van der Waals surface area contributed by atoms with Gasteiger partial charge in [-0.15, -0.1) is 11.3 Å². The van der Waals surface area contributed by atoms with Crippen molar-refractivity contribution in [2.24, 2.45) is 5.92 Å². The van der Waals surface area contributed by atoms with Crippen LogP contribution in [-0.2, 0) is 19.1 Å². The van der Waals surface area contributed by atoms with Gasteiger partial charge in [-0.1, -0.05) is 13.0 Å². The molecule has 3 amide bonds. The van der Waals surface area contributed by atoms with Gasteiger partial charge in [-0.2, -0.15) is 0 Å². The normalized spacial score (nSPS) is 19.5. The molecule has 2 aliphatic heterocycles. The van der Waals surface area contributed by atoms with Crippen LogP contribution in [0.1, 0.15) is 31.1 Å². The lowest BCUT2D eigenvalue weighted by atomic mass is 9.99. The third kappa shape index (κ3) is 5.23. The van der Waals surface area contributed by atoms with Gasteiger partial charge in [0.2, 0.25) is 0 Å². The van der Waals surface area contributed by atoms with Crippen LogP contribution in [0.5, 0.6) is 0 Å². The Balaban J connectivity index is 1.43. The van der Waals surface area contributed by atoms with Crippen LogP contribution in [0.3, 0.4) is 0 Å². The molecule has 2 saturated heterocycles. The monoisotopic (exact) mass is 422 g/mol. The minimum atomic E-state index is -0.597. The zero-order valence-corrected chi connectivity index (χ0v) is 17.2. The highest BCUT2D eigenvalue weighted by molar-refractivity contribution is 8.18. The van der Waals surface area contributed by atoms with Gasteiger partial charge < -0.3 is 9.64 Å². The number of hydrogen-bond donors (Lipinski definition) is 0. The second-order valence-corrected chi connectivity index (χ2v) is 8.80. The van der Waals surface area contributed by atoms with Crippen LogP contribution in [0.4, 0.5) is 4.79 Å². The molecule has 0 spiro atoms. The number of amides is 3. The molecule has 0 bridgehead atoms. The molecule has 0 N–H and O–H groups in total. The van der Waals surface area contributed by atoms with Crippen LogP contribution in [-0.4, -0.2) is 59.1 Å². The highest BCUT2D eigenvalue weighted by Gasteiger charge is 2.35. The fourth-order valence-electron chi connectivity index (χ4n) is 2.96. The maximum Gasteiger partial charge on any atom is 0.308 e. The maximum atomic E-state index is 12.4. The van der Waals surface area contributed by atoms with Gasteiger partial charge in [0.05, 0.1) is 11.3 Å². The smallest absolute Gasteiger partial charge is 0.308 e. The molecular weight excluding hydrogens is 400 g/mol. The average Bonchev–Trinajstić information content (AvgIpc) is 3.27. The van der Waals surface area contributed by atoms with E-state index in [1.807, 2.05) is 17.5 Å². The summed E-state index contributed by atoms with van der Waals surface area (Å²) in [5.74, 6) is -0.598. The summed E-state index contributed by atoms with van der Waals surface area (Å²) in [4.78, 5) is 52.4. The first-order valence-electron chi connectivity index (χ1n) is 9.16. The number of hydrogen-bond acceptors (Lipinski definition) is 7. The summed E-state index contributed by atoms with van der Waals surface area (Å²) in [5, 5.41) is 1.48. The zero-order valence-electron chi connectivity index (χ0n) is 15.6. The summed E-state index contributed by atoms with van der Waals surface area (Å²) in [7, 11) is 0. The minimum Gasteiger partial charge on any atom is -0.456 e. The van der Waals surface area contributed by atoms with Crippen molar-refractivity contribution in [1.82, 2.24) is 9.80 Å². The summed E-state index contributed by atoms with van der Waals surface area (Å²) in [6.45, 7) is 3.17. The first-order valence-corrected chi connectivity index (χ1v) is 10.9. The Bertz CT molecular complexity index is 782. The van der Waals surface area contributed by atoms with Crippen LogP contribution in [0.2, 0.25) is 0 Å². The highest BCUT2D eigenvalue weighted by atomic mass is 32.2. The maximum absolute atomic E-state index is 12.4. The van der Waals surface area contributed by atoms with Gasteiger partial charge >= 0.3 is 5.97 Å². The van der Waals surface area contributed by atoms with E-state index < -0.39 is 17.1 Å². The van der Waals surface area contributed by atoms with Crippen LogP contribution in [0.25, 0.3) is 6.08 Å². The Kier molecular flexibility index (Phi) is 6.90. The molecule has 0 aliphatic carbocycles. The number of carbonyl (C=O) groups excluding carboxylic acids is 4. The summed E-state index contributed by atoms with van der Waals surface area (Å²) < 4.78 is 5.03. The van der Waals surface area contributed by atoms with Crippen molar-refractivity contribution in [3.05, 3.63) is 27.3 Å². The molecule has 28 heavy (non-hydrogen) atoms. The number of imide groups is 1. The molecule has 7 nitrogen and oxygen atoms in total. The van der Waals surface area contributed by atoms with E-state index >= 15 is 0 Å². The number of rotatable bonds is 6. The summed E-state index contributed by atoms with van der Waals surface area (Å²) >= 11 is 2.33. The van der Waals surface area contributed by atoms with Crippen LogP contribution >= 0.6 is 23.1 Å². The van der Waals surface area contributed by atoms with Crippen LogP contribution in [0.15, 0.2) is 22.4 Å². The second kappa shape index (κ2) is 9.38. The van der Waals surface area contributed by atoms with E-state index in [0.717, 1.165) is 34.4 Å². The van der Waals surface area contributed by atoms with E-state index in [1.165, 1.54) is 11.3 Å².